The van der Waals surface area contributed by atoms with E-state index in [-0.39, 0.29) is 32.8 Å². The molecule has 3 aliphatic rings. The molecule has 2 aliphatic heterocycles. The first kappa shape index (κ1) is 26.0. The molecule has 0 radical (unpaired) electrons. The van der Waals surface area contributed by atoms with Crippen molar-refractivity contribution in [1.82, 2.24) is 29.6 Å². The third kappa shape index (κ3) is 4.25. The number of fused-ring (bicyclic) bond motifs is 1. The Labute approximate surface area is 227 Å². The molecule has 4 heterocycles. The lowest BCUT2D eigenvalue weighted by molar-refractivity contribution is -0.148. The van der Waals surface area contributed by atoms with E-state index in [1.807, 2.05) is 29.7 Å². The smallest absolute Gasteiger partial charge is 0.291 e. The first-order valence-electron chi connectivity index (χ1n) is 12.5. The maximum Gasteiger partial charge on any atom is 0.291 e. The molecule has 2 saturated heterocycles. The highest BCUT2D eigenvalue weighted by molar-refractivity contribution is 7.89. The van der Waals surface area contributed by atoms with Crippen LogP contribution in [0, 0.1) is 22.7 Å². The second-order valence-corrected chi connectivity index (χ2v) is 13.8. The SMILES string of the molecule is CC(C)C(=O)N1CC2(C1)CN(c1cc(S(=O)(=O)NC3(C#N)CC3)cc3c(-c4nnc(C(F)F)s4)nn(C)c13)C2. The number of aryl methyl sites for hydroxylation is 1. The van der Waals surface area contributed by atoms with Crippen molar-refractivity contribution in [1.29, 1.82) is 5.26 Å². The van der Waals surface area contributed by atoms with Gasteiger partial charge in [-0.1, -0.05) is 25.2 Å². The number of nitrogens with zero attached hydrogens (tertiary/aromatic N) is 7. The number of carbonyl (C=O) groups excluding carboxylic acids is 1. The van der Waals surface area contributed by atoms with Crippen molar-refractivity contribution in [3.8, 4) is 16.8 Å². The van der Waals surface area contributed by atoms with Crippen LogP contribution < -0.4 is 9.62 Å². The third-order valence-electron chi connectivity index (χ3n) is 7.58. The van der Waals surface area contributed by atoms with Crippen LogP contribution in [0.4, 0.5) is 14.5 Å². The Morgan fingerprint density at radius 2 is 1.87 bits per heavy atom. The molecular weight excluding hydrogens is 550 g/mol. The number of sulfonamides is 1. The first-order chi connectivity index (χ1) is 18.4. The summed E-state index contributed by atoms with van der Waals surface area (Å²) in [6.07, 6.45) is -1.93. The number of halogens is 2. The van der Waals surface area contributed by atoms with E-state index >= 15 is 0 Å². The summed E-state index contributed by atoms with van der Waals surface area (Å²) in [6, 6.07) is 5.05. The summed E-state index contributed by atoms with van der Waals surface area (Å²) in [5, 5.41) is 21.6. The molecule has 1 amide bonds. The van der Waals surface area contributed by atoms with Crippen molar-refractivity contribution in [3.05, 3.63) is 17.1 Å². The van der Waals surface area contributed by atoms with Gasteiger partial charge in [-0.05, 0) is 25.0 Å². The van der Waals surface area contributed by atoms with Crippen LogP contribution in [-0.4, -0.2) is 70.9 Å². The van der Waals surface area contributed by atoms with Crippen LogP contribution in [0.2, 0.25) is 0 Å². The zero-order valence-electron chi connectivity index (χ0n) is 21.5. The van der Waals surface area contributed by atoms with Crippen LogP contribution in [0.15, 0.2) is 17.0 Å². The quantitative estimate of drug-likeness (QED) is 0.453. The summed E-state index contributed by atoms with van der Waals surface area (Å²) in [4.78, 5) is 16.2. The van der Waals surface area contributed by atoms with E-state index < -0.39 is 27.0 Å². The fourth-order valence-corrected chi connectivity index (χ4v) is 7.56. The van der Waals surface area contributed by atoms with Crippen LogP contribution in [-0.2, 0) is 21.9 Å². The number of anilines is 1. The van der Waals surface area contributed by atoms with Gasteiger partial charge < -0.3 is 9.80 Å². The molecule has 1 aliphatic carbocycles. The van der Waals surface area contributed by atoms with E-state index in [0.717, 1.165) is 0 Å². The average molecular weight is 577 g/mol. The second kappa shape index (κ2) is 8.64. The van der Waals surface area contributed by atoms with Gasteiger partial charge in [0, 0.05) is 49.9 Å². The van der Waals surface area contributed by atoms with Crippen molar-refractivity contribution in [2.75, 3.05) is 31.1 Å². The van der Waals surface area contributed by atoms with Crippen LogP contribution in [0.3, 0.4) is 0 Å². The maximum atomic E-state index is 13.4. The van der Waals surface area contributed by atoms with Gasteiger partial charge in [-0.15, -0.1) is 10.2 Å². The van der Waals surface area contributed by atoms with Gasteiger partial charge in [-0.2, -0.15) is 15.1 Å². The molecule has 0 bridgehead atoms. The minimum absolute atomic E-state index is 0.0504. The van der Waals surface area contributed by atoms with E-state index in [2.05, 4.69) is 20.0 Å². The van der Waals surface area contributed by atoms with Crippen LogP contribution in [0.1, 0.15) is 38.1 Å². The molecule has 3 fully saturated rings. The van der Waals surface area contributed by atoms with Gasteiger partial charge in [0.25, 0.3) is 6.43 Å². The summed E-state index contributed by atoms with van der Waals surface area (Å²) in [7, 11) is -2.39. The number of nitriles is 1. The van der Waals surface area contributed by atoms with Gasteiger partial charge >= 0.3 is 0 Å². The number of benzene rings is 1. The number of hydrogen-bond acceptors (Lipinski definition) is 9. The van der Waals surface area contributed by atoms with Crippen molar-refractivity contribution < 1.29 is 22.0 Å². The Hall–Kier alpha value is -3.22. The molecule has 0 atom stereocenters. The standard InChI is InChI=1S/C24H26F2N8O3S2/c1-13(2)22(35)34-11-23(12-34)9-33(10-23)16-7-14(39(36,37)31-24(8-27)4-5-24)6-15-17(30-32(3)18(15)16)20-28-29-21(38-20)19(25)26/h6-7,13,19,31H,4-5,9-12H2,1-3H3. The average Bonchev–Trinajstić information content (AvgIpc) is 3.26. The molecule has 2 aromatic heterocycles. The number of hydrogen-bond donors (Lipinski definition) is 1. The first-order valence-corrected chi connectivity index (χ1v) is 14.8. The molecule has 11 nitrogen and oxygen atoms in total. The Bertz CT molecular complexity index is 1640. The Morgan fingerprint density at radius 3 is 2.44 bits per heavy atom. The molecule has 3 aromatic rings. The van der Waals surface area contributed by atoms with E-state index in [1.54, 1.807) is 17.8 Å². The molecule has 206 valence electrons. The number of nitrogens with one attached hydrogen (secondary N) is 1. The fourth-order valence-electron chi connectivity index (χ4n) is 5.44. The van der Waals surface area contributed by atoms with Crippen molar-refractivity contribution in [2.24, 2.45) is 18.4 Å². The molecule has 1 aromatic carbocycles. The topological polar surface area (TPSA) is 137 Å². The molecular formula is C24H26F2N8O3S2. The molecule has 15 heteroatoms. The van der Waals surface area contributed by atoms with Gasteiger partial charge in [-0.3, -0.25) is 9.48 Å². The lowest BCUT2D eigenvalue weighted by Crippen LogP contribution is -2.73. The van der Waals surface area contributed by atoms with Crippen molar-refractivity contribution in [2.45, 2.75) is 43.5 Å². The van der Waals surface area contributed by atoms with Gasteiger partial charge in [0.1, 0.15) is 11.2 Å². The summed E-state index contributed by atoms with van der Waals surface area (Å²) in [6.45, 7) is 6.28. The lowest BCUT2D eigenvalue weighted by atomic mass is 9.72. The van der Waals surface area contributed by atoms with E-state index in [4.69, 9.17) is 0 Å². The monoisotopic (exact) mass is 576 g/mol. The number of aromatic nitrogens is 4. The Kier molecular flexibility index (Phi) is 5.76. The van der Waals surface area contributed by atoms with E-state index in [1.165, 1.54) is 6.07 Å². The lowest BCUT2D eigenvalue weighted by Gasteiger charge is -2.61. The van der Waals surface area contributed by atoms with E-state index in [0.29, 0.717) is 66.9 Å². The van der Waals surface area contributed by atoms with E-state index in [9.17, 15) is 27.3 Å². The van der Waals surface area contributed by atoms with Gasteiger partial charge in [-0.25, -0.2) is 17.2 Å². The van der Waals surface area contributed by atoms with Crippen molar-refractivity contribution in [3.63, 3.8) is 0 Å². The van der Waals surface area contributed by atoms with Gasteiger partial charge in [0.15, 0.2) is 10.0 Å². The highest BCUT2D eigenvalue weighted by atomic mass is 32.2. The predicted octanol–water partition coefficient (Wildman–Crippen LogP) is 2.67. The number of likely N-dealkylation sites (tertiary alicyclic amines) is 1. The second-order valence-electron chi connectivity index (χ2n) is 11.1. The number of alkyl halides is 2. The van der Waals surface area contributed by atoms with Crippen LogP contribution in [0.5, 0.6) is 0 Å². The largest absolute Gasteiger partial charge is 0.368 e. The Morgan fingerprint density at radius 1 is 1.18 bits per heavy atom. The van der Waals surface area contributed by atoms with Gasteiger partial charge in [0.2, 0.25) is 15.9 Å². The fraction of sp³-hybridized carbons (Fsp3) is 0.542. The summed E-state index contributed by atoms with van der Waals surface area (Å²) in [5.74, 6) is 0.0399. The molecule has 1 saturated carbocycles. The summed E-state index contributed by atoms with van der Waals surface area (Å²) in [5.41, 5.74) is 0.327. The molecule has 1 spiro atoms. The number of carbonyl (C=O) groups is 1. The van der Waals surface area contributed by atoms with Crippen LogP contribution in [0.25, 0.3) is 21.6 Å². The molecule has 0 unspecified atom stereocenters. The van der Waals surface area contributed by atoms with Crippen molar-refractivity contribution >= 4 is 43.9 Å². The zero-order valence-corrected chi connectivity index (χ0v) is 23.1. The summed E-state index contributed by atoms with van der Waals surface area (Å²) < 4.78 is 57.4. The van der Waals surface area contributed by atoms with Crippen LogP contribution >= 0.6 is 11.3 Å². The Balaban J connectivity index is 1.40. The highest BCUT2D eigenvalue weighted by Crippen LogP contribution is 2.46. The maximum absolute atomic E-state index is 13.4. The predicted molar refractivity (Wildman–Crippen MR) is 139 cm³/mol. The molecule has 1 N–H and O–H groups in total. The van der Waals surface area contributed by atoms with Gasteiger partial charge in [0.05, 0.1) is 22.2 Å². The minimum Gasteiger partial charge on any atom is -0.368 e. The number of rotatable bonds is 7. The minimum atomic E-state index is -4.09. The molecule has 6 rings (SSSR count). The normalized spacial score (nSPS) is 19.4. The number of amides is 1. The zero-order chi connectivity index (χ0) is 27.9. The summed E-state index contributed by atoms with van der Waals surface area (Å²) >= 11 is 0.704. The highest BCUT2D eigenvalue weighted by Gasteiger charge is 2.54. The molecule has 39 heavy (non-hydrogen) atoms. The third-order valence-corrected chi connectivity index (χ3v) is 10.0.